The van der Waals surface area contributed by atoms with Gasteiger partial charge in [-0.1, -0.05) is 31.4 Å². The molecule has 158 valence electrons. The minimum atomic E-state index is -0.521. The van der Waals surface area contributed by atoms with Gasteiger partial charge in [-0.3, -0.25) is 9.59 Å². The molecule has 2 aromatic carbocycles. The molecule has 1 saturated heterocycles. The first-order valence-corrected chi connectivity index (χ1v) is 10.6. The molecule has 1 N–H and O–H groups in total. The van der Waals surface area contributed by atoms with Gasteiger partial charge in [-0.25, -0.2) is 4.39 Å². The number of nitrogens with zero attached hydrogens (tertiary/aromatic N) is 1. The molecule has 0 unspecified atom stereocenters. The number of rotatable bonds is 5. The fraction of sp³-hybridized carbons (Fsp3) is 0.417. The van der Waals surface area contributed by atoms with Gasteiger partial charge in [0.1, 0.15) is 11.6 Å². The number of benzene rings is 2. The van der Waals surface area contributed by atoms with Gasteiger partial charge in [0, 0.05) is 18.2 Å². The number of methoxy groups -OCH3 is 1. The Morgan fingerprint density at radius 3 is 2.33 bits per heavy atom. The van der Waals surface area contributed by atoms with Crippen molar-refractivity contribution < 1.29 is 18.7 Å². The maximum atomic E-state index is 13.5. The molecule has 1 saturated carbocycles. The highest BCUT2D eigenvalue weighted by Gasteiger charge is 2.45. The lowest BCUT2D eigenvalue weighted by Gasteiger charge is -2.30. The molecule has 0 spiro atoms. The first kappa shape index (κ1) is 20.4. The number of hydrogen-bond acceptors (Lipinski definition) is 3. The van der Waals surface area contributed by atoms with Gasteiger partial charge in [0.15, 0.2) is 0 Å². The lowest BCUT2D eigenvalue weighted by atomic mass is 9.90. The fourth-order valence-electron chi connectivity index (χ4n) is 4.61. The molecule has 4 rings (SSSR count). The molecule has 2 amide bonds. The van der Waals surface area contributed by atoms with Crippen LogP contribution in [0.25, 0.3) is 0 Å². The van der Waals surface area contributed by atoms with Gasteiger partial charge in [-0.15, -0.1) is 0 Å². The third-order valence-corrected chi connectivity index (χ3v) is 6.17. The average Bonchev–Trinajstić information content (AvgIpc) is 3.12. The number of halogens is 1. The second-order valence-corrected chi connectivity index (χ2v) is 8.11. The summed E-state index contributed by atoms with van der Waals surface area (Å²) in [5, 5.41) is 3.17. The van der Waals surface area contributed by atoms with Crippen LogP contribution < -0.4 is 15.0 Å². The largest absolute Gasteiger partial charge is 0.497 e. The summed E-state index contributed by atoms with van der Waals surface area (Å²) >= 11 is 0. The maximum Gasteiger partial charge on any atom is 0.228 e. The average molecular weight is 410 g/mol. The van der Waals surface area contributed by atoms with E-state index >= 15 is 0 Å². The van der Waals surface area contributed by atoms with Crippen molar-refractivity contribution in [1.29, 1.82) is 0 Å². The Balaban J connectivity index is 1.65. The predicted octanol–water partition coefficient (Wildman–Crippen LogP) is 4.38. The number of carbonyl (C=O) groups excluding carboxylic acids is 2. The molecular weight excluding hydrogens is 383 g/mol. The fourth-order valence-corrected chi connectivity index (χ4v) is 4.61. The minimum Gasteiger partial charge on any atom is -0.497 e. The quantitative estimate of drug-likeness (QED) is 0.796. The summed E-state index contributed by atoms with van der Waals surface area (Å²) in [6.07, 6.45) is 5.54. The topological polar surface area (TPSA) is 58.6 Å². The van der Waals surface area contributed by atoms with E-state index in [2.05, 4.69) is 5.32 Å². The van der Waals surface area contributed by atoms with E-state index in [4.69, 9.17) is 4.74 Å². The molecule has 2 aliphatic rings. The van der Waals surface area contributed by atoms with Crippen LogP contribution in [-0.4, -0.2) is 25.0 Å². The second-order valence-electron chi connectivity index (χ2n) is 8.11. The first-order chi connectivity index (χ1) is 14.6. The van der Waals surface area contributed by atoms with E-state index in [1.165, 1.54) is 18.6 Å². The predicted molar refractivity (Wildman–Crippen MR) is 113 cm³/mol. The third kappa shape index (κ3) is 4.18. The molecular formula is C24H27FN2O3. The van der Waals surface area contributed by atoms with E-state index in [0.29, 0.717) is 11.4 Å². The van der Waals surface area contributed by atoms with Crippen LogP contribution >= 0.6 is 0 Å². The lowest BCUT2D eigenvalue weighted by molar-refractivity contribution is -0.127. The van der Waals surface area contributed by atoms with Crippen molar-refractivity contribution in [3.63, 3.8) is 0 Å². The van der Waals surface area contributed by atoms with Crippen LogP contribution in [0.5, 0.6) is 5.75 Å². The second kappa shape index (κ2) is 8.86. The van der Waals surface area contributed by atoms with Crippen molar-refractivity contribution in [2.75, 3.05) is 12.0 Å². The molecule has 0 aromatic heterocycles. The Labute approximate surface area is 176 Å². The maximum absolute atomic E-state index is 13.5. The summed E-state index contributed by atoms with van der Waals surface area (Å²) < 4.78 is 18.8. The summed E-state index contributed by atoms with van der Waals surface area (Å²) in [7, 11) is 1.59. The van der Waals surface area contributed by atoms with E-state index < -0.39 is 12.0 Å². The van der Waals surface area contributed by atoms with Crippen LogP contribution in [0.3, 0.4) is 0 Å². The van der Waals surface area contributed by atoms with Gasteiger partial charge in [-0.2, -0.15) is 0 Å². The Morgan fingerprint density at radius 2 is 1.70 bits per heavy atom. The van der Waals surface area contributed by atoms with Gasteiger partial charge in [-0.05, 0) is 54.8 Å². The lowest BCUT2D eigenvalue weighted by Crippen LogP contribution is -2.41. The monoisotopic (exact) mass is 410 g/mol. The van der Waals surface area contributed by atoms with Crippen molar-refractivity contribution in [2.24, 2.45) is 5.92 Å². The smallest absolute Gasteiger partial charge is 0.228 e. The van der Waals surface area contributed by atoms with Crippen LogP contribution in [0.15, 0.2) is 48.5 Å². The van der Waals surface area contributed by atoms with E-state index in [9.17, 15) is 14.0 Å². The van der Waals surface area contributed by atoms with E-state index in [-0.39, 0.29) is 30.1 Å². The van der Waals surface area contributed by atoms with E-state index in [0.717, 1.165) is 31.2 Å². The highest BCUT2D eigenvalue weighted by molar-refractivity contribution is 6.01. The number of carbonyl (C=O) groups is 2. The molecule has 6 heteroatoms. The zero-order valence-corrected chi connectivity index (χ0v) is 17.1. The normalized spacial score (nSPS) is 22.2. The summed E-state index contributed by atoms with van der Waals surface area (Å²) in [5.74, 6) is -0.386. The zero-order valence-electron chi connectivity index (χ0n) is 17.1. The Kier molecular flexibility index (Phi) is 6.02. The van der Waals surface area contributed by atoms with Crippen LogP contribution in [0, 0.1) is 11.7 Å². The van der Waals surface area contributed by atoms with Gasteiger partial charge in [0.25, 0.3) is 0 Å². The molecule has 1 heterocycles. The van der Waals surface area contributed by atoms with Gasteiger partial charge < -0.3 is 15.0 Å². The molecule has 5 nitrogen and oxygen atoms in total. The molecule has 0 radical (unpaired) electrons. The molecule has 2 fully saturated rings. The first-order valence-electron chi connectivity index (χ1n) is 10.6. The molecule has 0 bridgehead atoms. The number of hydrogen-bond donors (Lipinski definition) is 1. The molecule has 2 aromatic rings. The van der Waals surface area contributed by atoms with E-state index in [1.54, 1.807) is 36.3 Å². The number of anilines is 1. The van der Waals surface area contributed by atoms with Crippen LogP contribution in [0.1, 0.15) is 50.1 Å². The van der Waals surface area contributed by atoms with Crippen LogP contribution in [0.4, 0.5) is 10.1 Å². The van der Waals surface area contributed by atoms with Crippen LogP contribution in [0.2, 0.25) is 0 Å². The summed E-state index contributed by atoms with van der Waals surface area (Å²) in [5.41, 5.74) is 1.45. The number of amides is 2. The van der Waals surface area contributed by atoms with E-state index in [1.807, 2.05) is 12.1 Å². The Morgan fingerprint density at radius 1 is 1.03 bits per heavy atom. The standard InChI is InChI=1S/C24H27FN2O3/c1-30-20-13-11-19(12-14-20)27-22(28)15-21(23(27)16-7-9-17(25)10-8-16)24(29)26-18-5-3-2-4-6-18/h7-14,18,21,23H,2-6,15H2,1H3,(H,26,29)/t21-,23+/m0/s1. The highest BCUT2D eigenvalue weighted by atomic mass is 19.1. The van der Waals surface area contributed by atoms with Crippen molar-refractivity contribution in [1.82, 2.24) is 5.32 Å². The molecule has 1 aliphatic heterocycles. The highest BCUT2D eigenvalue weighted by Crippen LogP contribution is 2.42. The van der Waals surface area contributed by atoms with Crippen molar-refractivity contribution >= 4 is 17.5 Å². The zero-order chi connectivity index (χ0) is 21.1. The van der Waals surface area contributed by atoms with Crippen LogP contribution in [-0.2, 0) is 9.59 Å². The molecule has 1 aliphatic carbocycles. The summed E-state index contributed by atoms with van der Waals surface area (Å²) in [6, 6.07) is 13.0. The van der Waals surface area contributed by atoms with Gasteiger partial charge >= 0.3 is 0 Å². The van der Waals surface area contributed by atoms with Gasteiger partial charge in [0.2, 0.25) is 11.8 Å². The SMILES string of the molecule is COc1ccc(N2C(=O)C[C@H](C(=O)NC3CCCCC3)[C@H]2c2ccc(F)cc2)cc1. The van der Waals surface area contributed by atoms with Crippen molar-refractivity contribution in [3.05, 3.63) is 59.9 Å². The van der Waals surface area contributed by atoms with Gasteiger partial charge in [0.05, 0.1) is 19.1 Å². The van der Waals surface area contributed by atoms with Crippen molar-refractivity contribution in [3.8, 4) is 5.75 Å². The Bertz CT molecular complexity index is 892. The number of ether oxygens (including phenoxy) is 1. The summed E-state index contributed by atoms with van der Waals surface area (Å²) in [4.78, 5) is 27.9. The van der Waals surface area contributed by atoms with Crippen molar-refractivity contribution in [2.45, 2.75) is 50.6 Å². The number of nitrogens with one attached hydrogen (secondary N) is 1. The Hall–Kier alpha value is -2.89. The molecule has 2 atom stereocenters. The molecule has 30 heavy (non-hydrogen) atoms. The summed E-state index contributed by atoms with van der Waals surface area (Å²) in [6.45, 7) is 0. The third-order valence-electron chi connectivity index (χ3n) is 6.17. The minimum absolute atomic E-state index is 0.0967.